The van der Waals surface area contributed by atoms with E-state index in [0.717, 1.165) is 0 Å². The summed E-state index contributed by atoms with van der Waals surface area (Å²) in [6, 6.07) is 8.04. The van der Waals surface area contributed by atoms with Crippen molar-refractivity contribution >= 4 is 28.7 Å². The second-order valence-electron chi connectivity index (χ2n) is 3.77. The van der Waals surface area contributed by atoms with Gasteiger partial charge in [0.25, 0.3) is 0 Å². The highest BCUT2D eigenvalue weighted by Crippen LogP contribution is 2.22. The summed E-state index contributed by atoms with van der Waals surface area (Å²) in [6.07, 6.45) is 1.56. The number of nitrogens with two attached hydrogens (primary N) is 1. The average Bonchev–Trinajstić information content (AvgIpc) is 2.39. The van der Waals surface area contributed by atoms with E-state index in [2.05, 4.69) is 10.3 Å². The fraction of sp³-hybridized carbons (Fsp3) is 0.0769. The zero-order valence-corrected chi connectivity index (χ0v) is 11.0. The predicted molar refractivity (Wildman–Crippen MR) is 76.4 cm³/mol. The highest BCUT2D eigenvalue weighted by Gasteiger charge is 2.04. The number of methoxy groups -OCH3 is 1. The molecule has 0 unspecified atom stereocenters. The van der Waals surface area contributed by atoms with Gasteiger partial charge < -0.3 is 15.8 Å². The number of pyridine rings is 1. The van der Waals surface area contributed by atoms with Gasteiger partial charge in [-0.1, -0.05) is 12.2 Å². The normalized spacial score (nSPS) is 10.0. The number of halogens is 1. The van der Waals surface area contributed by atoms with Crippen LogP contribution in [0.15, 0.2) is 36.5 Å². The maximum absolute atomic E-state index is 13.5. The number of rotatable bonds is 4. The smallest absolute Gasteiger partial charge is 0.167 e. The number of nitrogens with one attached hydrogen (secondary N) is 1. The molecule has 4 nitrogen and oxygen atoms in total. The van der Waals surface area contributed by atoms with Gasteiger partial charge >= 0.3 is 0 Å². The lowest BCUT2D eigenvalue weighted by molar-refractivity contribution is 0.386. The van der Waals surface area contributed by atoms with Crippen LogP contribution in [0.3, 0.4) is 0 Å². The van der Waals surface area contributed by atoms with Gasteiger partial charge in [-0.2, -0.15) is 0 Å². The Hall–Kier alpha value is -2.21. The van der Waals surface area contributed by atoms with Crippen molar-refractivity contribution in [3.63, 3.8) is 0 Å². The SMILES string of the molecule is COc1ccc(Nc2ccc(C(N)=S)cn2)cc1F. The molecule has 98 valence electrons. The molecule has 0 aliphatic rings. The zero-order valence-electron chi connectivity index (χ0n) is 10.2. The molecule has 3 N–H and O–H groups in total. The lowest BCUT2D eigenvalue weighted by Gasteiger charge is -2.08. The van der Waals surface area contributed by atoms with E-state index in [1.54, 1.807) is 30.5 Å². The number of thiocarbonyl (C=S) groups is 1. The molecule has 2 aromatic rings. The lowest BCUT2D eigenvalue weighted by atomic mass is 10.2. The summed E-state index contributed by atoms with van der Waals surface area (Å²) >= 11 is 4.83. The molecule has 2 rings (SSSR count). The Morgan fingerprint density at radius 1 is 1.37 bits per heavy atom. The second-order valence-corrected chi connectivity index (χ2v) is 4.21. The Morgan fingerprint density at radius 2 is 2.16 bits per heavy atom. The van der Waals surface area contributed by atoms with E-state index in [-0.39, 0.29) is 10.7 Å². The molecule has 0 amide bonds. The van der Waals surface area contributed by atoms with Crippen molar-refractivity contribution < 1.29 is 9.13 Å². The third-order valence-corrected chi connectivity index (χ3v) is 2.71. The topological polar surface area (TPSA) is 60.2 Å². The van der Waals surface area contributed by atoms with Gasteiger partial charge in [-0.25, -0.2) is 9.37 Å². The van der Waals surface area contributed by atoms with E-state index in [4.69, 9.17) is 22.7 Å². The van der Waals surface area contributed by atoms with Crippen molar-refractivity contribution in [3.05, 3.63) is 47.9 Å². The molecule has 1 aromatic carbocycles. The van der Waals surface area contributed by atoms with E-state index in [0.29, 0.717) is 17.1 Å². The lowest BCUT2D eigenvalue weighted by Crippen LogP contribution is -2.09. The molecule has 19 heavy (non-hydrogen) atoms. The number of hydrogen-bond acceptors (Lipinski definition) is 4. The molecular formula is C13H12FN3OS. The molecule has 1 heterocycles. The van der Waals surface area contributed by atoms with E-state index in [1.165, 1.54) is 13.2 Å². The highest BCUT2D eigenvalue weighted by molar-refractivity contribution is 7.80. The molecule has 0 bridgehead atoms. The van der Waals surface area contributed by atoms with Crippen molar-refractivity contribution in [2.45, 2.75) is 0 Å². The Labute approximate surface area is 115 Å². The van der Waals surface area contributed by atoms with Crippen molar-refractivity contribution in [1.82, 2.24) is 4.98 Å². The second kappa shape index (κ2) is 5.62. The number of aromatic nitrogens is 1. The van der Waals surface area contributed by atoms with Crippen LogP contribution >= 0.6 is 12.2 Å². The van der Waals surface area contributed by atoms with E-state index in [9.17, 15) is 4.39 Å². The van der Waals surface area contributed by atoms with Gasteiger partial charge in [0.1, 0.15) is 10.8 Å². The van der Waals surface area contributed by atoms with Gasteiger partial charge in [-0.3, -0.25) is 0 Å². The summed E-state index contributed by atoms with van der Waals surface area (Å²) in [5.74, 6) is 0.333. The number of benzene rings is 1. The van der Waals surface area contributed by atoms with Gasteiger partial charge in [0, 0.05) is 23.5 Å². The first-order valence-electron chi connectivity index (χ1n) is 5.46. The molecule has 0 atom stereocenters. The van der Waals surface area contributed by atoms with Crippen LogP contribution in [0.1, 0.15) is 5.56 Å². The Morgan fingerprint density at radius 3 is 2.68 bits per heavy atom. The number of nitrogens with zero attached hydrogens (tertiary/aromatic N) is 1. The van der Waals surface area contributed by atoms with Gasteiger partial charge in [0.2, 0.25) is 0 Å². The molecule has 6 heteroatoms. The number of ether oxygens (including phenoxy) is 1. The maximum atomic E-state index is 13.5. The summed E-state index contributed by atoms with van der Waals surface area (Å²) < 4.78 is 18.3. The largest absolute Gasteiger partial charge is 0.494 e. The van der Waals surface area contributed by atoms with Crippen molar-refractivity contribution in [1.29, 1.82) is 0 Å². The monoisotopic (exact) mass is 277 g/mol. The quantitative estimate of drug-likeness (QED) is 0.841. The fourth-order valence-corrected chi connectivity index (χ4v) is 1.63. The van der Waals surface area contributed by atoms with Crippen LogP contribution in [0.2, 0.25) is 0 Å². The first kappa shape index (κ1) is 13.2. The minimum absolute atomic E-state index is 0.197. The average molecular weight is 277 g/mol. The van der Waals surface area contributed by atoms with Crippen LogP contribution in [-0.2, 0) is 0 Å². The van der Waals surface area contributed by atoms with Gasteiger partial charge in [-0.05, 0) is 24.3 Å². The number of hydrogen-bond donors (Lipinski definition) is 2. The van der Waals surface area contributed by atoms with Crippen LogP contribution in [-0.4, -0.2) is 17.1 Å². The Balaban J connectivity index is 2.16. The van der Waals surface area contributed by atoms with Gasteiger partial charge in [0.05, 0.1) is 7.11 Å². The summed E-state index contributed by atoms with van der Waals surface area (Å²) in [4.78, 5) is 4.42. The standard InChI is InChI=1S/C13H12FN3OS/c1-18-11-4-3-9(6-10(11)14)17-12-5-2-8(7-16-12)13(15)19/h2-7H,1H3,(H2,15,19)(H,16,17). The van der Waals surface area contributed by atoms with E-state index in [1.807, 2.05) is 0 Å². The van der Waals surface area contributed by atoms with Crippen LogP contribution < -0.4 is 15.8 Å². The maximum Gasteiger partial charge on any atom is 0.167 e. The molecule has 0 spiro atoms. The van der Waals surface area contributed by atoms with Crippen molar-refractivity contribution in [2.24, 2.45) is 5.73 Å². The van der Waals surface area contributed by atoms with E-state index < -0.39 is 5.82 Å². The van der Waals surface area contributed by atoms with Gasteiger partial charge in [0.15, 0.2) is 11.6 Å². The molecule has 0 aliphatic heterocycles. The number of anilines is 2. The summed E-state index contributed by atoms with van der Waals surface area (Å²) in [5.41, 5.74) is 6.74. The van der Waals surface area contributed by atoms with Crippen LogP contribution in [0.4, 0.5) is 15.9 Å². The first-order chi connectivity index (χ1) is 9.10. The van der Waals surface area contributed by atoms with Crippen molar-refractivity contribution in [2.75, 3.05) is 12.4 Å². The van der Waals surface area contributed by atoms with E-state index >= 15 is 0 Å². The highest BCUT2D eigenvalue weighted by atomic mass is 32.1. The third-order valence-electron chi connectivity index (χ3n) is 2.47. The fourth-order valence-electron chi connectivity index (χ4n) is 1.51. The van der Waals surface area contributed by atoms with Gasteiger partial charge in [-0.15, -0.1) is 0 Å². The molecule has 0 saturated heterocycles. The molecule has 1 aromatic heterocycles. The minimum Gasteiger partial charge on any atom is -0.494 e. The zero-order chi connectivity index (χ0) is 13.8. The minimum atomic E-state index is -0.438. The Kier molecular flexibility index (Phi) is 3.91. The molecule has 0 saturated carbocycles. The molecule has 0 radical (unpaired) electrons. The molecular weight excluding hydrogens is 265 g/mol. The molecule has 0 fully saturated rings. The first-order valence-corrected chi connectivity index (χ1v) is 5.87. The summed E-state index contributed by atoms with van der Waals surface area (Å²) in [5, 5.41) is 2.97. The van der Waals surface area contributed by atoms with Crippen LogP contribution in [0.5, 0.6) is 5.75 Å². The summed E-state index contributed by atoms with van der Waals surface area (Å²) in [7, 11) is 1.42. The predicted octanol–water partition coefficient (Wildman–Crippen LogP) is 2.61. The van der Waals surface area contributed by atoms with Crippen LogP contribution in [0.25, 0.3) is 0 Å². The third kappa shape index (κ3) is 3.17. The summed E-state index contributed by atoms with van der Waals surface area (Å²) in [6.45, 7) is 0. The Bertz CT molecular complexity index is 601. The van der Waals surface area contributed by atoms with Crippen molar-refractivity contribution in [3.8, 4) is 5.75 Å². The molecule has 0 aliphatic carbocycles. The van der Waals surface area contributed by atoms with Crippen LogP contribution in [0, 0.1) is 5.82 Å².